The average molecular weight is 421 g/mol. The van der Waals surface area contributed by atoms with Gasteiger partial charge in [-0.1, -0.05) is 18.2 Å². The zero-order chi connectivity index (χ0) is 21.8. The van der Waals surface area contributed by atoms with Crippen molar-refractivity contribution in [3.63, 3.8) is 0 Å². The molecule has 1 aliphatic heterocycles. The van der Waals surface area contributed by atoms with Gasteiger partial charge in [0, 0.05) is 25.8 Å². The van der Waals surface area contributed by atoms with Crippen molar-refractivity contribution in [2.24, 2.45) is 0 Å². The number of imide groups is 1. The maximum atomic E-state index is 12.6. The highest BCUT2D eigenvalue weighted by atomic mass is 16.5. The molecule has 0 unspecified atom stereocenters. The van der Waals surface area contributed by atoms with Crippen LogP contribution in [0.25, 0.3) is 11.5 Å². The van der Waals surface area contributed by atoms with Gasteiger partial charge in [-0.05, 0) is 36.8 Å². The monoisotopic (exact) mass is 421 g/mol. The molecule has 158 valence electrons. The van der Waals surface area contributed by atoms with Gasteiger partial charge in [-0.2, -0.15) is 0 Å². The lowest BCUT2D eigenvalue weighted by Gasteiger charge is -2.12. The maximum absolute atomic E-state index is 12.6. The molecule has 0 saturated heterocycles. The Morgan fingerprint density at radius 1 is 1.03 bits per heavy atom. The van der Waals surface area contributed by atoms with Crippen LogP contribution in [0.1, 0.15) is 43.4 Å². The van der Waals surface area contributed by atoms with Crippen LogP contribution in [0.4, 0.5) is 0 Å². The van der Waals surface area contributed by atoms with Crippen molar-refractivity contribution in [1.82, 2.24) is 15.1 Å². The second-order valence-corrected chi connectivity index (χ2v) is 6.81. The van der Waals surface area contributed by atoms with E-state index in [-0.39, 0.29) is 41.6 Å². The predicted octanol–water partition coefficient (Wildman–Crippen LogP) is 2.73. The molecule has 4 rings (SSSR count). The van der Waals surface area contributed by atoms with Crippen LogP contribution in [0.15, 0.2) is 52.9 Å². The molecule has 0 radical (unpaired) electrons. The van der Waals surface area contributed by atoms with Gasteiger partial charge < -0.3 is 13.9 Å². The summed E-state index contributed by atoms with van der Waals surface area (Å²) in [6, 6.07) is 13.5. The number of carbonyl (C=O) groups excluding carboxylic acids is 3. The van der Waals surface area contributed by atoms with Gasteiger partial charge in [0.25, 0.3) is 17.7 Å². The quantitative estimate of drug-likeness (QED) is 0.310. The van der Waals surface area contributed by atoms with Gasteiger partial charge >= 0.3 is 5.97 Å². The summed E-state index contributed by atoms with van der Waals surface area (Å²) in [5, 5.41) is 7.81. The van der Waals surface area contributed by atoms with E-state index in [1.165, 1.54) is 18.2 Å². The number of ether oxygens (including phenoxy) is 2. The summed E-state index contributed by atoms with van der Waals surface area (Å²) in [5.74, 6) is -1.02. The Hall–Kier alpha value is -3.85. The van der Waals surface area contributed by atoms with Crippen LogP contribution in [-0.2, 0) is 16.1 Å². The number of hydrogen-bond donors (Lipinski definition) is 0. The third-order valence-electron chi connectivity index (χ3n) is 4.75. The van der Waals surface area contributed by atoms with Crippen molar-refractivity contribution in [3.8, 4) is 11.5 Å². The molecule has 2 amide bonds. The highest BCUT2D eigenvalue weighted by molar-refractivity contribution is 6.21. The number of rotatable bonds is 8. The standard InChI is InChI=1S/C22H19N3O6/c1-29-11-5-10-25-20(26)16-9-8-15(12-17(16)21(25)27)22(28)30-13-18-23-24-19(31-18)14-6-3-2-4-7-14/h2-4,6-9,12H,5,10-11,13H2,1H3. The van der Waals surface area contributed by atoms with E-state index in [0.29, 0.717) is 18.9 Å². The Balaban J connectivity index is 1.41. The summed E-state index contributed by atoms with van der Waals surface area (Å²) in [4.78, 5) is 38.6. The smallest absolute Gasteiger partial charge is 0.338 e. The Morgan fingerprint density at radius 2 is 1.81 bits per heavy atom. The zero-order valence-electron chi connectivity index (χ0n) is 16.7. The van der Waals surface area contributed by atoms with Crippen molar-refractivity contribution >= 4 is 17.8 Å². The van der Waals surface area contributed by atoms with E-state index in [4.69, 9.17) is 13.9 Å². The highest BCUT2D eigenvalue weighted by Gasteiger charge is 2.35. The normalized spacial score (nSPS) is 12.9. The molecular formula is C22H19N3O6. The van der Waals surface area contributed by atoms with Crippen molar-refractivity contribution in [2.45, 2.75) is 13.0 Å². The van der Waals surface area contributed by atoms with Crippen LogP contribution in [0, 0.1) is 0 Å². The molecule has 1 aromatic heterocycles. The van der Waals surface area contributed by atoms with Crippen LogP contribution in [-0.4, -0.2) is 53.1 Å². The summed E-state index contributed by atoms with van der Waals surface area (Å²) in [7, 11) is 1.55. The molecule has 9 nitrogen and oxygen atoms in total. The lowest BCUT2D eigenvalue weighted by atomic mass is 10.1. The fraction of sp³-hybridized carbons (Fsp3) is 0.227. The van der Waals surface area contributed by atoms with Crippen molar-refractivity contribution in [3.05, 3.63) is 71.1 Å². The third-order valence-corrected chi connectivity index (χ3v) is 4.75. The Kier molecular flexibility index (Phi) is 5.85. The summed E-state index contributed by atoms with van der Waals surface area (Å²) < 4.78 is 15.7. The van der Waals surface area contributed by atoms with Crippen molar-refractivity contribution in [2.75, 3.05) is 20.3 Å². The molecule has 0 aliphatic carbocycles. The topological polar surface area (TPSA) is 112 Å². The minimum Gasteiger partial charge on any atom is -0.452 e. The number of amides is 2. The first-order valence-electron chi connectivity index (χ1n) is 9.62. The van der Waals surface area contributed by atoms with Gasteiger partial charge in [-0.3, -0.25) is 14.5 Å². The van der Waals surface area contributed by atoms with Gasteiger partial charge in [0.2, 0.25) is 5.89 Å². The maximum Gasteiger partial charge on any atom is 0.338 e. The zero-order valence-corrected chi connectivity index (χ0v) is 16.7. The number of fused-ring (bicyclic) bond motifs is 1. The minimum atomic E-state index is -0.666. The first-order chi connectivity index (χ1) is 15.1. The molecule has 2 aromatic carbocycles. The molecule has 0 spiro atoms. The number of aromatic nitrogens is 2. The Labute approximate surface area is 177 Å². The van der Waals surface area contributed by atoms with Gasteiger partial charge in [-0.15, -0.1) is 10.2 Å². The van der Waals surface area contributed by atoms with Crippen molar-refractivity contribution in [1.29, 1.82) is 0 Å². The van der Waals surface area contributed by atoms with Gasteiger partial charge in [-0.25, -0.2) is 4.79 Å². The van der Waals surface area contributed by atoms with Gasteiger partial charge in [0.1, 0.15) is 0 Å². The Bertz CT molecular complexity index is 1130. The lowest BCUT2D eigenvalue weighted by Crippen LogP contribution is -2.31. The van der Waals surface area contributed by atoms with Crippen molar-refractivity contribution < 1.29 is 28.3 Å². The largest absolute Gasteiger partial charge is 0.452 e. The van der Waals surface area contributed by atoms with E-state index in [1.807, 2.05) is 30.3 Å². The molecule has 0 bridgehead atoms. The molecule has 9 heteroatoms. The number of benzene rings is 2. The summed E-state index contributed by atoms with van der Waals surface area (Å²) in [5.41, 5.74) is 1.36. The average Bonchev–Trinajstić information content (AvgIpc) is 3.37. The number of hydrogen-bond acceptors (Lipinski definition) is 8. The first kappa shape index (κ1) is 20.4. The number of nitrogens with zero attached hydrogens (tertiary/aromatic N) is 3. The molecule has 0 fully saturated rings. The number of carbonyl (C=O) groups is 3. The molecule has 0 saturated carbocycles. The highest BCUT2D eigenvalue weighted by Crippen LogP contribution is 2.25. The molecule has 1 aliphatic rings. The summed E-state index contributed by atoms with van der Waals surface area (Å²) in [6.07, 6.45) is 0.534. The van der Waals surface area contributed by atoms with E-state index in [1.54, 1.807) is 7.11 Å². The number of esters is 1. The molecule has 0 N–H and O–H groups in total. The number of methoxy groups -OCH3 is 1. The fourth-order valence-electron chi connectivity index (χ4n) is 3.21. The summed E-state index contributed by atoms with van der Waals surface area (Å²) in [6.45, 7) is 0.472. The van der Waals surface area contributed by atoms with Crippen LogP contribution >= 0.6 is 0 Å². The van der Waals surface area contributed by atoms with E-state index in [2.05, 4.69) is 10.2 Å². The third kappa shape index (κ3) is 4.22. The van der Waals surface area contributed by atoms with E-state index >= 15 is 0 Å². The molecule has 0 atom stereocenters. The van der Waals surface area contributed by atoms with E-state index in [0.717, 1.165) is 10.5 Å². The predicted molar refractivity (Wildman–Crippen MR) is 107 cm³/mol. The lowest BCUT2D eigenvalue weighted by molar-refractivity contribution is 0.0438. The van der Waals surface area contributed by atoms with Crippen LogP contribution in [0.3, 0.4) is 0 Å². The first-order valence-corrected chi connectivity index (χ1v) is 9.62. The van der Waals surface area contributed by atoms with Gasteiger partial charge in [0.15, 0.2) is 6.61 Å². The van der Waals surface area contributed by atoms with Crippen LogP contribution in [0.2, 0.25) is 0 Å². The molecule has 3 aromatic rings. The SMILES string of the molecule is COCCCN1C(=O)c2ccc(C(=O)OCc3nnc(-c4ccccc4)o3)cc2C1=O. The van der Waals surface area contributed by atoms with Gasteiger partial charge in [0.05, 0.1) is 16.7 Å². The molecular weight excluding hydrogens is 402 g/mol. The molecule has 31 heavy (non-hydrogen) atoms. The second kappa shape index (κ2) is 8.88. The Morgan fingerprint density at radius 3 is 2.58 bits per heavy atom. The van der Waals surface area contributed by atoms with Crippen LogP contribution < -0.4 is 0 Å². The fourth-order valence-corrected chi connectivity index (χ4v) is 3.21. The summed E-state index contributed by atoms with van der Waals surface area (Å²) >= 11 is 0. The van der Waals surface area contributed by atoms with E-state index in [9.17, 15) is 14.4 Å². The second-order valence-electron chi connectivity index (χ2n) is 6.81. The van der Waals surface area contributed by atoms with E-state index < -0.39 is 11.9 Å². The molecule has 2 heterocycles. The minimum absolute atomic E-state index is 0.143. The van der Waals surface area contributed by atoms with Crippen LogP contribution in [0.5, 0.6) is 0 Å².